The van der Waals surface area contributed by atoms with Crippen molar-refractivity contribution >= 4 is 17.7 Å². The zero-order chi connectivity index (χ0) is 30.7. The van der Waals surface area contributed by atoms with Gasteiger partial charge in [-0.05, 0) is 62.0 Å². The quantitative estimate of drug-likeness (QED) is 0.335. The Morgan fingerprint density at radius 3 is 2.51 bits per heavy atom. The average molecular weight is 590 g/mol. The molecule has 4 rings (SSSR count). The first-order chi connectivity index (χ1) is 18.9. The molecule has 3 amide bonds. The predicted molar refractivity (Wildman–Crippen MR) is 132 cm³/mol. The SMILES string of the molecule is CC1=C(C(=O)N[C@@H](Cc2cccc(F)c2)[C@H](O)C(=O)N2CC(F)(F)C3(C)[C@H]2C(=O)N3CC(F)(F)F)CC(C)C=C1O. The number of β-lactam (4-membered cyclic amide) rings is 1. The molecule has 0 saturated carbocycles. The Morgan fingerprint density at radius 2 is 1.90 bits per heavy atom. The molecule has 2 fully saturated rings. The molecule has 1 aliphatic carbocycles. The average Bonchev–Trinajstić information content (AvgIpc) is 3.06. The molecule has 0 spiro atoms. The van der Waals surface area contributed by atoms with Gasteiger partial charge in [-0.2, -0.15) is 13.2 Å². The topological polar surface area (TPSA) is 110 Å². The molecule has 3 N–H and O–H groups in total. The van der Waals surface area contributed by atoms with E-state index in [1.165, 1.54) is 25.1 Å². The number of aliphatic hydroxyl groups is 2. The lowest BCUT2D eigenvalue weighted by molar-refractivity contribution is -0.220. The summed E-state index contributed by atoms with van der Waals surface area (Å²) in [5.74, 6) is -8.53. The lowest BCUT2D eigenvalue weighted by Gasteiger charge is -2.54. The van der Waals surface area contributed by atoms with E-state index in [9.17, 15) is 42.2 Å². The Hall–Kier alpha value is -3.55. The van der Waals surface area contributed by atoms with Crippen LogP contribution in [-0.2, 0) is 20.8 Å². The molecular formula is C27H29F6N3O5. The van der Waals surface area contributed by atoms with Gasteiger partial charge in [0.05, 0.1) is 12.6 Å². The van der Waals surface area contributed by atoms with Gasteiger partial charge in [0.1, 0.15) is 29.7 Å². The van der Waals surface area contributed by atoms with E-state index in [0.29, 0.717) is 4.90 Å². The van der Waals surface area contributed by atoms with E-state index < -0.39 is 72.5 Å². The lowest BCUT2D eigenvalue weighted by Crippen LogP contribution is -2.79. The number of nitrogens with one attached hydrogen (secondary N) is 1. The molecule has 0 radical (unpaired) electrons. The normalized spacial score (nSPS) is 27.2. The Labute approximate surface area is 231 Å². The van der Waals surface area contributed by atoms with E-state index in [1.54, 1.807) is 6.92 Å². The van der Waals surface area contributed by atoms with Crippen molar-refractivity contribution in [2.75, 3.05) is 13.1 Å². The molecule has 1 aromatic rings. The van der Waals surface area contributed by atoms with E-state index in [1.807, 2.05) is 0 Å². The number of carbonyl (C=O) groups is 3. The van der Waals surface area contributed by atoms with E-state index in [-0.39, 0.29) is 46.1 Å². The van der Waals surface area contributed by atoms with Crippen LogP contribution in [0.3, 0.4) is 0 Å². The van der Waals surface area contributed by atoms with Crippen molar-refractivity contribution in [3.05, 3.63) is 58.6 Å². The van der Waals surface area contributed by atoms with Gasteiger partial charge in [-0.25, -0.2) is 13.2 Å². The van der Waals surface area contributed by atoms with Crippen LogP contribution in [0.4, 0.5) is 26.3 Å². The van der Waals surface area contributed by atoms with Crippen molar-refractivity contribution in [1.82, 2.24) is 15.1 Å². The van der Waals surface area contributed by atoms with Crippen molar-refractivity contribution < 1.29 is 50.9 Å². The molecule has 41 heavy (non-hydrogen) atoms. The minimum atomic E-state index is -4.97. The fourth-order valence-corrected chi connectivity index (χ4v) is 5.73. The summed E-state index contributed by atoms with van der Waals surface area (Å²) in [7, 11) is 0. The number of hydrogen-bond acceptors (Lipinski definition) is 5. The third-order valence-electron chi connectivity index (χ3n) is 8.01. The van der Waals surface area contributed by atoms with Crippen LogP contribution in [-0.4, -0.2) is 86.6 Å². The number of hydrogen-bond donors (Lipinski definition) is 3. The first-order valence-corrected chi connectivity index (χ1v) is 12.8. The number of allylic oxidation sites excluding steroid dienone is 2. The number of fused-ring (bicyclic) bond motifs is 1. The van der Waals surface area contributed by atoms with Crippen molar-refractivity contribution in [1.29, 1.82) is 0 Å². The smallest absolute Gasteiger partial charge is 0.406 e. The molecule has 2 aliphatic heterocycles. The van der Waals surface area contributed by atoms with Gasteiger partial charge in [0.25, 0.3) is 11.8 Å². The molecule has 8 nitrogen and oxygen atoms in total. The van der Waals surface area contributed by atoms with Crippen molar-refractivity contribution in [3.63, 3.8) is 0 Å². The van der Waals surface area contributed by atoms with Gasteiger partial charge < -0.3 is 25.3 Å². The molecule has 3 aliphatic rings. The molecule has 14 heteroatoms. The number of carbonyl (C=O) groups excluding carboxylic acids is 3. The second-order valence-electron chi connectivity index (χ2n) is 11.0. The Balaban J connectivity index is 1.63. The maximum absolute atomic E-state index is 15.1. The Bertz CT molecular complexity index is 1330. The largest absolute Gasteiger partial charge is 0.508 e. The number of amides is 3. The first-order valence-electron chi connectivity index (χ1n) is 12.8. The van der Waals surface area contributed by atoms with Gasteiger partial charge >= 0.3 is 6.18 Å². The molecule has 5 atom stereocenters. The highest BCUT2D eigenvalue weighted by Crippen LogP contribution is 2.53. The number of aliphatic hydroxyl groups excluding tert-OH is 2. The van der Waals surface area contributed by atoms with Crippen LogP contribution in [0.1, 0.15) is 32.8 Å². The van der Waals surface area contributed by atoms with E-state index in [0.717, 1.165) is 19.1 Å². The number of alkyl halides is 5. The molecule has 1 aromatic carbocycles. The number of likely N-dealkylation sites (tertiary alicyclic amines) is 2. The summed E-state index contributed by atoms with van der Waals surface area (Å²) in [6.45, 7) is 0.589. The maximum atomic E-state index is 15.1. The zero-order valence-corrected chi connectivity index (χ0v) is 22.3. The van der Waals surface area contributed by atoms with Gasteiger partial charge in [-0.1, -0.05) is 19.1 Å². The van der Waals surface area contributed by atoms with E-state index >= 15 is 8.78 Å². The van der Waals surface area contributed by atoms with E-state index in [2.05, 4.69) is 5.32 Å². The molecule has 2 saturated heterocycles. The van der Waals surface area contributed by atoms with Crippen molar-refractivity contribution in [2.24, 2.45) is 5.92 Å². The number of halogens is 6. The van der Waals surface area contributed by atoms with Crippen LogP contribution in [0.25, 0.3) is 0 Å². The van der Waals surface area contributed by atoms with Crippen LogP contribution in [0, 0.1) is 11.7 Å². The summed E-state index contributed by atoms with van der Waals surface area (Å²) in [5.41, 5.74) is -2.06. The van der Waals surface area contributed by atoms with Gasteiger partial charge in [0.15, 0.2) is 6.10 Å². The number of benzene rings is 1. The second kappa shape index (κ2) is 10.4. The second-order valence-corrected chi connectivity index (χ2v) is 11.0. The standard InChI is InChI=1S/C27H29F6N3O5/c1-13-7-17(14(2)19(37)8-13)22(39)34-18(10-15-5-4-6-16(28)9-15)20(38)23(40)35-11-26(29,30)25(3)21(35)24(41)36(25)12-27(31,32)33/h4-6,8-9,13,18,20-21,37-38H,7,10-12H2,1-3H3,(H,34,39)/t13?,18-,20-,21+,25?/m0/s1. The van der Waals surface area contributed by atoms with Crippen LogP contribution < -0.4 is 5.32 Å². The lowest BCUT2D eigenvalue weighted by atomic mass is 9.78. The molecule has 224 valence electrons. The summed E-state index contributed by atoms with van der Waals surface area (Å²) >= 11 is 0. The highest BCUT2D eigenvalue weighted by molar-refractivity contribution is 5.99. The monoisotopic (exact) mass is 589 g/mol. The fraction of sp³-hybridized carbons (Fsp3) is 0.519. The molecule has 0 aromatic heterocycles. The van der Waals surface area contributed by atoms with Gasteiger partial charge in [0, 0.05) is 5.57 Å². The van der Waals surface area contributed by atoms with Crippen molar-refractivity contribution in [2.45, 2.75) is 69.4 Å². The van der Waals surface area contributed by atoms with Crippen LogP contribution in [0.15, 0.2) is 47.2 Å². The van der Waals surface area contributed by atoms with Crippen LogP contribution in [0.2, 0.25) is 0 Å². The maximum Gasteiger partial charge on any atom is 0.406 e. The van der Waals surface area contributed by atoms with E-state index in [4.69, 9.17) is 0 Å². The minimum absolute atomic E-state index is 0.0250. The predicted octanol–water partition coefficient (Wildman–Crippen LogP) is 3.02. The third-order valence-corrected chi connectivity index (χ3v) is 8.01. The Morgan fingerprint density at radius 1 is 1.24 bits per heavy atom. The minimum Gasteiger partial charge on any atom is -0.508 e. The molecule has 2 heterocycles. The molecule has 0 bridgehead atoms. The third kappa shape index (κ3) is 5.41. The van der Waals surface area contributed by atoms with Crippen molar-refractivity contribution in [3.8, 4) is 0 Å². The summed E-state index contributed by atoms with van der Waals surface area (Å²) in [4.78, 5) is 39.5. The first kappa shape index (κ1) is 30.4. The zero-order valence-electron chi connectivity index (χ0n) is 22.3. The highest BCUT2D eigenvalue weighted by Gasteiger charge is 2.78. The molecule has 2 unspecified atom stereocenters. The van der Waals surface area contributed by atoms with Gasteiger partial charge in [-0.15, -0.1) is 0 Å². The summed E-state index contributed by atoms with van der Waals surface area (Å²) in [6.07, 6.45) is -5.82. The van der Waals surface area contributed by atoms with Crippen LogP contribution >= 0.6 is 0 Å². The fourth-order valence-electron chi connectivity index (χ4n) is 5.73. The van der Waals surface area contributed by atoms with Gasteiger partial charge in [-0.3, -0.25) is 14.4 Å². The summed E-state index contributed by atoms with van der Waals surface area (Å²) < 4.78 is 83.0. The Kier molecular flexibility index (Phi) is 7.69. The van der Waals surface area contributed by atoms with Crippen LogP contribution in [0.5, 0.6) is 0 Å². The molecular weight excluding hydrogens is 560 g/mol. The number of nitrogens with zero attached hydrogens (tertiary/aromatic N) is 2. The summed E-state index contributed by atoms with van der Waals surface area (Å²) in [5, 5.41) is 23.7. The number of rotatable bonds is 7. The van der Waals surface area contributed by atoms with Gasteiger partial charge in [0.2, 0.25) is 11.8 Å². The summed E-state index contributed by atoms with van der Waals surface area (Å²) in [6, 6.07) is 1.48. The highest BCUT2D eigenvalue weighted by atomic mass is 19.4.